The molecule has 0 aliphatic rings. The fourth-order valence-corrected chi connectivity index (χ4v) is 2.92. The average Bonchev–Trinajstić information content (AvgIpc) is 2.56. The molecule has 0 fully saturated rings. The van der Waals surface area contributed by atoms with E-state index >= 15 is 0 Å². The third-order valence-electron chi connectivity index (χ3n) is 3.80. The van der Waals surface area contributed by atoms with E-state index in [-0.39, 0.29) is 5.75 Å². The predicted molar refractivity (Wildman–Crippen MR) is 98.7 cm³/mol. The van der Waals surface area contributed by atoms with E-state index in [4.69, 9.17) is 0 Å². The molecule has 0 aliphatic heterocycles. The molecule has 0 saturated heterocycles. The van der Waals surface area contributed by atoms with Gasteiger partial charge in [0.1, 0.15) is 6.54 Å². The lowest BCUT2D eigenvalue weighted by molar-refractivity contribution is -0.697. The molecule has 140 valence electrons. The summed E-state index contributed by atoms with van der Waals surface area (Å²) in [6, 6.07) is 6.22. The topological polar surface area (TPSA) is 61.1 Å². The average molecular weight is 358 g/mol. The first-order chi connectivity index (χ1) is 11.5. The van der Waals surface area contributed by atoms with Crippen molar-refractivity contribution in [2.24, 2.45) is 0 Å². The molecule has 5 heteroatoms. The zero-order valence-corrected chi connectivity index (χ0v) is 16.3. The van der Waals surface area contributed by atoms with Crippen LogP contribution in [0, 0.1) is 0 Å². The van der Waals surface area contributed by atoms with Crippen LogP contribution in [0.1, 0.15) is 78.1 Å². The summed E-state index contributed by atoms with van der Waals surface area (Å²) < 4.78 is 32.7. The van der Waals surface area contributed by atoms with Gasteiger partial charge in [-0.3, -0.25) is 0 Å². The van der Waals surface area contributed by atoms with Gasteiger partial charge in [0, 0.05) is 24.3 Å². The molecule has 0 aromatic carbocycles. The van der Waals surface area contributed by atoms with Gasteiger partial charge < -0.3 is 4.55 Å². The molecule has 0 saturated carbocycles. The fraction of sp³-hybridized carbons (Fsp3) is 0.737. The number of pyridine rings is 1. The Kier molecular flexibility index (Phi) is 15.0. The largest absolute Gasteiger partial charge is 0.748 e. The van der Waals surface area contributed by atoms with Crippen molar-refractivity contribution >= 4 is 10.1 Å². The second-order valence-electron chi connectivity index (χ2n) is 6.20. The summed E-state index contributed by atoms with van der Waals surface area (Å²) in [5.41, 5.74) is 0. The highest BCUT2D eigenvalue weighted by atomic mass is 32.2. The van der Waals surface area contributed by atoms with Gasteiger partial charge in [-0.1, -0.05) is 64.9 Å². The van der Waals surface area contributed by atoms with E-state index in [1.54, 1.807) is 0 Å². The Morgan fingerprint density at radius 3 is 1.79 bits per heavy atom. The molecule has 0 unspecified atom stereocenters. The van der Waals surface area contributed by atoms with E-state index in [0.717, 1.165) is 19.3 Å². The van der Waals surface area contributed by atoms with Crippen molar-refractivity contribution in [3.05, 3.63) is 30.6 Å². The van der Waals surface area contributed by atoms with Crippen LogP contribution in [-0.2, 0) is 16.7 Å². The highest BCUT2D eigenvalue weighted by molar-refractivity contribution is 7.85. The molecule has 0 bridgehead atoms. The lowest BCUT2D eigenvalue weighted by Crippen LogP contribution is -2.32. The van der Waals surface area contributed by atoms with Crippen LogP contribution in [0.2, 0.25) is 0 Å². The number of aromatic nitrogens is 1. The van der Waals surface area contributed by atoms with Gasteiger partial charge in [0.2, 0.25) is 0 Å². The second kappa shape index (κ2) is 15.6. The zero-order chi connectivity index (χ0) is 18.1. The number of hydrogen-bond donors (Lipinski definition) is 0. The molecule has 0 radical (unpaired) electrons. The van der Waals surface area contributed by atoms with E-state index in [9.17, 15) is 13.0 Å². The minimum absolute atomic E-state index is 0.195. The number of nitrogens with zero attached hydrogens (tertiary/aromatic N) is 1. The van der Waals surface area contributed by atoms with Gasteiger partial charge >= 0.3 is 0 Å². The molecule has 4 nitrogen and oxygen atoms in total. The van der Waals surface area contributed by atoms with E-state index in [2.05, 4.69) is 49.0 Å². The lowest BCUT2D eigenvalue weighted by Gasteiger charge is -2.05. The van der Waals surface area contributed by atoms with Crippen LogP contribution in [0.3, 0.4) is 0 Å². The third kappa shape index (κ3) is 17.4. The minimum atomic E-state index is -3.97. The number of hydrogen-bond acceptors (Lipinski definition) is 3. The summed E-state index contributed by atoms with van der Waals surface area (Å²) in [4.78, 5) is 0. The molecule has 24 heavy (non-hydrogen) atoms. The molecular formula is C19H35NO3S. The lowest BCUT2D eigenvalue weighted by atomic mass is 10.1. The minimum Gasteiger partial charge on any atom is -0.748 e. The monoisotopic (exact) mass is 357 g/mol. The van der Waals surface area contributed by atoms with Crippen molar-refractivity contribution in [3.63, 3.8) is 0 Å². The van der Waals surface area contributed by atoms with Gasteiger partial charge in [0.25, 0.3) is 0 Å². The maximum absolute atomic E-state index is 10.2. The van der Waals surface area contributed by atoms with E-state index in [1.165, 1.54) is 45.1 Å². The maximum atomic E-state index is 10.2. The Labute approximate surface area is 149 Å². The second-order valence-corrected chi connectivity index (χ2v) is 7.73. The van der Waals surface area contributed by atoms with Gasteiger partial charge in [0.05, 0.1) is 10.1 Å². The third-order valence-corrected chi connectivity index (χ3v) is 4.58. The first-order valence-corrected chi connectivity index (χ1v) is 10.9. The highest BCUT2D eigenvalue weighted by Crippen LogP contribution is 2.05. The van der Waals surface area contributed by atoms with Crippen LogP contribution in [0.5, 0.6) is 0 Å². The Hall–Kier alpha value is -0.940. The molecule has 1 aromatic rings. The summed E-state index contributed by atoms with van der Waals surface area (Å²) in [7, 11) is -3.97. The van der Waals surface area contributed by atoms with Crippen molar-refractivity contribution in [2.45, 2.75) is 84.6 Å². The summed E-state index contributed by atoms with van der Waals surface area (Å²) in [6.45, 7) is 5.54. The van der Waals surface area contributed by atoms with Crippen LogP contribution in [0.15, 0.2) is 30.6 Å². The first kappa shape index (κ1) is 23.1. The maximum Gasteiger partial charge on any atom is 0.168 e. The van der Waals surface area contributed by atoms with Crippen LogP contribution < -0.4 is 4.57 Å². The summed E-state index contributed by atoms with van der Waals surface area (Å²) >= 11 is 0. The molecule has 0 amide bonds. The van der Waals surface area contributed by atoms with Crippen molar-refractivity contribution in [1.82, 2.24) is 0 Å². The first-order valence-electron chi connectivity index (χ1n) is 9.37. The van der Waals surface area contributed by atoms with Gasteiger partial charge in [0.15, 0.2) is 12.4 Å². The molecular weight excluding hydrogens is 322 g/mol. The molecule has 0 N–H and O–H groups in total. The summed E-state index contributed by atoms with van der Waals surface area (Å²) in [5.74, 6) is -0.195. The van der Waals surface area contributed by atoms with Crippen LogP contribution >= 0.6 is 0 Å². The normalized spacial score (nSPS) is 11.0. The number of unbranched alkanes of at least 4 members (excludes halogenated alkanes) is 8. The number of rotatable bonds is 12. The standard InChI is InChI=1S/C11H18N.C8H18O3S/c1-2-3-4-6-9-12-10-7-5-8-11-12;1-2-3-4-5-6-7-8-12(9,10)11/h5,7-8,10-11H,2-4,6,9H2,1H3;2-8H2,1H3,(H,9,10,11)/q+1;/p-1. The zero-order valence-electron chi connectivity index (χ0n) is 15.5. The molecule has 0 aliphatic carbocycles. The Morgan fingerprint density at radius 2 is 1.25 bits per heavy atom. The summed E-state index contributed by atoms with van der Waals surface area (Å²) in [6.07, 6.45) is 15.6. The quantitative estimate of drug-likeness (QED) is 0.315. The Balaban J connectivity index is 0.000000441. The highest BCUT2D eigenvalue weighted by Gasteiger charge is 1.96. The Morgan fingerprint density at radius 1 is 0.750 bits per heavy atom. The van der Waals surface area contributed by atoms with Crippen molar-refractivity contribution in [2.75, 3.05) is 5.75 Å². The van der Waals surface area contributed by atoms with Crippen LogP contribution in [0.25, 0.3) is 0 Å². The molecule has 1 rings (SSSR count). The molecule has 1 heterocycles. The van der Waals surface area contributed by atoms with Crippen LogP contribution in [-0.4, -0.2) is 18.7 Å². The van der Waals surface area contributed by atoms with Crippen molar-refractivity contribution in [3.8, 4) is 0 Å². The van der Waals surface area contributed by atoms with E-state index < -0.39 is 10.1 Å². The molecule has 0 atom stereocenters. The predicted octanol–water partition coefficient (Wildman–Crippen LogP) is 4.45. The van der Waals surface area contributed by atoms with Gasteiger partial charge in [-0.05, 0) is 12.8 Å². The Bertz CT molecular complexity index is 475. The van der Waals surface area contributed by atoms with E-state index in [0.29, 0.717) is 6.42 Å². The number of aryl methyl sites for hydroxylation is 1. The smallest absolute Gasteiger partial charge is 0.168 e. The molecule has 0 spiro atoms. The van der Waals surface area contributed by atoms with Gasteiger partial charge in [-0.2, -0.15) is 0 Å². The SMILES string of the molecule is CCCCCCCCS(=O)(=O)[O-].CCCCCC[n+]1ccccc1. The van der Waals surface area contributed by atoms with Crippen molar-refractivity contribution < 1.29 is 17.5 Å². The fourth-order valence-electron chi connectivity index (χ4n) is 2.36. The van der Waals surface area contributed by atoms with Gasteiger partial charge in [-0.15, -0.1) is 0 Å². The van der Waals surface area contributed by atoms with E-state index in [1.807, 2.05) is 0 Å². The summed E-state index contributed by atoms with van der Waals surface area (Å²) in [5, 5.41) is 0. The van der Waals surface area contributed by atoms with Gasteiger partial charge in [-0.25, -0.2) is 13.0 Å². The van der Waals surface area contributed by atoms with Crippen LogP contribution in [0.4, 0.5) is 0 Å². The van der Waals surface area contributed by atoms with Crippen molar-refractivity contribution in [1.29, 1.82) is 0 Å². The molecule has 1 aromatic heterocycles.